The molecule has 2 N–H and O–H groups in total. The molecule has 0 atom stereocenters. The van der Waals surface area contributed by atoms with Crippen molar-refractivity contribution < 1.29 is 4.79 Å². The van der Waals surface area contributed by atoms with Crippen LogP contribution in [0.4, 0.5) is 11.4 Å². The lowest BCUT2D eigenvalue weighted by atomic mass is 10.1. The molecule has 0 saturated heterocycles. The Hall–Kier alpha value is -1.78. The molecule has 122 valence electrons. The Morgan fingerprint density at radius 2 is 1.83 bits per heavy atom. The van der Waals surface area contributed by atoms with Gasteiger partial charge in [0.2, 0.25) is 0 Å². The second kappa shape index (κ2) is 8.18. The summed E-state index contributed by atoms with van der Waals surface area (Å²) in [7, 11) is 0. The largest absolute Gasteiger partial charge is 0.355 e. The zero-order chi connectivity index (χ0) is 16.8. The fourth-order valence-corrected chi connectivity index (χ4v) is 2.52. The number of nitrogens with one attached hydrogen (secondary N) is 2. The third kappa shape index (κ3) is 5.73. The van der Waals surface area contributed by atoms with Crippen molar-refractivity contribution in [2.75, 3.05) is 11.9 Å². The van der Waals surface area contributed by atoms with Crippen LogP contribution in [0.2, 0.25) is 10.0 Å². The first-order chi connectivity index (χ1) is 10.9. The van der Waals surface area contributed by atoms with Crippen LogP contribution >= 0.6 is 23.2 Å². The molecule has 6 heteroatoms. The fraction of sp³-hybridized carbons (Fsp3) is 0.294. The molecule has 23 heavy (non-hydrogen) atoms. The Kier molecular flexibility index (Phi) is 6.25. The van der Waals surface area contributed by atoms with Gasteiger partial charge in [-0.25, -0.2) is 0 Å². The van der Waals surface area contributed by atoms with Gasteiger partial charge in [0.1, 0.15) is 5.69 Å². The quantitative estimate of drug-likeness (QED) is 0.777. The number of amides is 1. The monoisotopic (exact) mass is 351 g/mol. The Morgan fingerprint density at radius 1 is 1.13 bits per heavy atom. The maximum absolute atomic E-state index is 12.1. The molecular weight excluding hydrogens is 333 g/mol. The minimum atomic E-state index is -0.182. The molecule has 0 unspecified atom stereocenters. The molecule has 0 aliphatic rings. The third-order valence-corrected chi connectivity index (χ3v) is 3.59. The highest BCUT2D eigenvalue weighted by Crippen LogP contribution is 2.25. The number of benzene rings is 1. The van der Waals surface area contributed by atoms with Crippen molar-refractivity contribution in [3.63, 3.8) is 0 Å². The Balaban J connectivity index is 2.05. The van der Waals surface area contributed by atoms with E-state index in [0.29, 0.717) is 28.2 Å². The van der Waals surface area contributed by atoms with Gasteiger partial charge in [-0.1, -0.05) is 37.0 Å². The molecule has 1 aromatic carbocycles. The summed E-state index contributed by atoms with van der Waals surface area (Å²) >= 11 is 12.0. The molecular formula is C17H19Cl2N3O. The van der Waals surface area contributed by atoms with Crippen molar-refractivity contribution in [2.45, 2.75) is 20.3 Å². The number of rotatable bonds is 6. The minimum absolute atomic E-state index is 0.182. The third-order valence-electron chi connectivity index (χ3n) is 3.15. The van der Waals surface area contributed by atoms with E-state index in [9.17, 15) is 4.79 Å². The van der Waals surface area contributed by atoms with E-state index in [0.717, 1.165) is 17.8 Å². The molecule has 4 nitrogen and oxygen atoms in total. The SMILES string of the molecule is CC(C)CCNC(=O)c1cc(Nc2cc(Cl)cc(Cl)c2)ccn1. The molecule has 2 rings (SSSR count). The molecule has 2 aromatic rings. The van der Waals surface area contributed by atoms with E-state index in [1.165, 1.54) is 0 Å². The predicted octanol–water partition coefficient (Wildman–Crippen LogP) is 4.91. The molecule has 0 aliphatic carbocycles. The van der Waals surface area contributed by atoms with E-state index in [4.69, 9.17) is 23.2 Å². The van der Waals surface area contributed by atoms with Crippen LogP contribution in [0.1, 0.15) is 30.8 Å². The van der Waals surface area contributed by atoms with Crippen molar-refractivity contribution in [3.8, 4) is 0 Å². The van der Waals surface area contributed by atoms with Crippen LogP contribution in [0.25, 0.3) is 0 Å². The highest BCUT2D eigenvalue weighted by atomic mass is 35.5. The Bertz CT molecular complexity index is 669. The van der Waals surface area contributed by atoms with Gasteiger partial charge < -0.3 is 10.6 Å². The van der Waals surface area contributed by atoms with E-state index in [-0.39, 0.29) is 5.91 Å². The van der Waals surface area contributed by atoms with Crippen LogP contribution < -0.4 is 10.6 Å². The van der Waals surface area contributed by atoms with Gasteiger partial charge in [-0.2, -0.15) is 0 Å². The number of halogens is 2. The van der Waals surface area contributed by atoms with E-state index in [2.05, 4.69) is 29.5 Å². The van der Waals surface area contributed by atoms with Crippen molar-refractivity contribution in [2.24, 2.45) is 5.92 Å². The summed E-state index contributed by atoms with van der Waals surface area (Å²) in [5, 5.41) is 7.12. The number of anilines is 2. The van der Waals surface area contributed by atoms with Crippen LogP contribution in [0.3, 0.4) is 0 Å². The van der Waals surface area contributed by atoms with Crippen LogP contribution in [0.15, 0.2) is 36.5 Å². The lowest BCUT2D eigenvalue weighted by Gasteiger charge is -2.10. The first kappa shape index (κ1) is 17.6. The second-order valence-electron chi connectivity index (χ2n) is 5.65. The molecule has 0 aliphatic heterocycles. The zero-order valence-corrected chi connectivity index (χ0v) is 14.6. The molecule has 0 spiro atoms. The summed E-state index contributed by atoms with van der Waals surface area (Å²) in [4.78, 5) is 16.2. The zero-order valence-electron chi connectivity index (χ0n) is 13.1. The summed E-state index contributed by atoms with van der Waals surface area (Å²) in [6.07, 6.45) is 2.52. The lowest BCUT2D eigenvalue weighted by molar-refractivity contribution is 0.0947. The lowest BCUT2D eigenvalue weighted by Crippen LogP contribution is -2.26. The topological polar surface area (TPSA) is 54.0 Å². The number of hydrogen-bond acceptors (Lipinski definition) is 3. The highest BCUT2D eigenvalue weighted by Gasteiger charge is 2.08. The molecule has 0 bridgehead atoms. The Morgan fingerprint density at radius 3 is 2.48 bits per heavy atom. The van der Waals surface area contributed by atoms with Crippen molar-refractivity contribution in [1.29, 1.82) is 0 Å². The Labute approximate surface area is 146 Å². The van der Waals surface area contributed by atoms with Gasteiger partial charge in [0.25, 0.3) is 5.91 Å². The molecule has 1 amide bonds. The number of hydrogen-bond donors (Lipinski definition) is 2. The van der Waals surface area contributed by atoms with Gasteiger partial charge in [-0.15, -0.1) is 0 Å². The van der Waals surface area contributed by atoms with E-state index in [1.807, 2.05) is 0 Å². The first-order valence-electron chi connectivity index (χ1n) is 7.41. The summed E-state index contributed by atoms with van der Waals surface area (Å²) < 4.78 is 0. The van der Waals surface area contributed by atoms with Crippen molar-refractivity contribution in [3.05, 3.63) is 52.3 Å². The van der Waals surface area contributed by atoms with Crippen molar-refractivity contribution in [1.82, 2.24) is 10.3 Å². The molecule has 1 aromatic heterocycles. The standard InChI is InChI=1S/C17H19Cl2N3O/c1-11(2)3-5-21-17(23)16-10-14(4-6-20-16)22-15-8-12(18)7-13(19)9-15/h4,6-11H,3,5H2,1-2H3,(H,20,22)(H,21,23). The minimum Gasteiger partial charge on any atom is -0.355 e. The molecule has 1 heterocycles. The van der Waals surface area contributed by atoms with Crippen LogP contribution in [-0.4, -0.2) is 17.4 Å². The smallest absolute Gasteiger partial charge is 0.269 e. The molecule has 0 radical (unpaired) electrons. The number of pyridine rings is 1. The maximum Gasteiger partial charge on any atom is 0.269 e. The second-order valence-corrected chi connectivity index (χ2v) is 6.52. The van der Waals surface area contributed by atoms with Gasteiger partial charge in [0.05, 0.1) is 0 Å². The van der Waals surface area contributed by atoms with Gasteiger partial charge in [-0.05, 0) is 42.7 Å². The average molecular weight is 352 g/mol. The van der Waals surface area contributed by atoms with Crippen molar-refractivity contribution >= 4 is 40.5 Å². The summed E-state index contributed by atoms with van der Waals surface area (Å²) in [5.41, 5.74) is 1.86. The predicted molar refractivity (Wildman–Crippen MR) is 95.8 cm³/mol. The van der Waals surface area contributed by atoms with Gasteiger partial charge in [-0.3, -0.25) is 9.78 Å². The van der Waals surface area contributed by atoms with Gasteiger partial charge in [0, 0.05) is 34.2 Å². The number of aromatic nitrogens is 1. The average Bonchev–Trinajstić information content (AvgIpc) is 2.46. The first-order valence-corrected chi connectivity index (χ1v) is 8.17. The molecule has 0 saturated carbocycles. The summed E-state index contributed by atoms with van der Waals surface area (Å²) in [6.45, 7) is 4.87. The van der Waals surface area contributed by atoms with Crippen LogP contribution in [0, 0.1) is 5.92 Å². The summed E-state index contributed by atoms with van der Waals surface area (Å²) in [5.74, 6) is 0.363. The van der Waals surface area contributed by atoms with Crippen LogP contribution in [-0.2, 0) is 0 Å². The number of carbonyl (C=O) groups is 1. The fourth-order valence-electron chi connectivity index (χ4n) is 1.99. The molecule has 0 fully saturated rings. The van der Waals surface area contributed by atoms with E-state index in [1.54, 1.807) is 36.5 Å². The maximum atomic E-state index is 12.1. The van der Waals surface area contributed by atoms with Gasteiger partial charge in [0.15, 0.2) is 0 Å². The normalized spacial score (nSPS) is 10.7. The number of carbonyl (C=O) groups excluding carboxylic acids is 1. The van der Waals surface area contributed by atoms with Gasteiger partial charge >= 0.3 is 0 Å². The van der Waals surface area contributed by atoms with Crippen LogP contribution in [0.5, 0.6) is 0 Å². The highest BCUT2D eigenvalue weighted by molar-refractivity contribution is 6.35. The van der Waals surface area contributed by atoms with E-state index < -0.39 is 0 Å². The van der Waals surface area contributed by atoms with E-state index >= 15 is 0 Å². The number of nitrogens with zero attached hydrogens (tertiary/aromatic N) is 1. The summed E-state index contributed by atoms with van der Waals surface area (Å²) in [6, 6.07) is 8.65.